The highest BCUT2D eigenvalue weighted by Gasteiger charge is 2.34. The number of fused-ring (bicyclic) bond motifs is 18. The lowest BCUT2D eigenvalue weighted by molar-refractivity contribution is -0.672. The zero-order valence-electron chi connectivity index (χ0n) is 61.0. The molecular weight excluding hydrogens is 1330 g/mol. The molecule has 0 saturated heterocycles. The quantitative estimate of drug-likeness (QED) is 0.125. The van der Waals surface area contributed by atoms with Crippen molar-refractivity contribution in [3.63, 3.8) is 0 Å². The summed E-state index contributed by atoms with van der Waals surface area (Å²) in [6.45, 7) is 18.4. The lowest BCUT2D eigenvalue weighted by atomic mass is 9.88. The van der Waals surface area contributed by atoms with Crippen LogP contribution in [0.15, 0.2) is 316 Å². The summed E-state index contributed by atoms with van der Waals surface area (Å²) in [4.78, 5) is 5.56. The van der Waals surface area contributed by atoms with E-state index in [1.54, 1.807) is 0 Å². The fourth-order valence-electron chi connectivity index (χ4n) is 16.4. The molecule has 6 aliphatic rings. The van der Waals surface area contributed by atoms with Crippen molar-refractivity contribution in [2.75, 3.05) is 19.0 Å². The molecule has 5 aromatic heterocycles. The summed E-state index contributed by atoms with van der Waals surface area (Å²) in [7, 11) is 4.14. The SMILES string of the molecule is CN(C)c1ccc(-c2ccc3c(c2)-c2cccc[n+]2C3)cc1.Cc1ccc(-c2c(C)cc3c(c2C)-c2cccc[n+]2C3)cc1.FC(F)(F)c1ccc(-c2ccc3c(c2)-c2cccc[n+]2C3)cc1.[C-]#[N+]c1ccc(-c2ccc3c(c2)-c2cccc[n+]2C3)cc1.c1ccc2c(c1)Cc1cc3c(cc1-2)-c1cccc[n+]1C3. The van der Waals surface area contributed by atoms with Crippen molar-refractivity contribution in [2.45, 2.75) is 66.1 Å². The maximum atomic E-state index is 12.7. The molecule has 522 valence electrons. The lowest BCUT2D eigenvalue weighted by Crippen LogP contribution is -2.31. The molecule has 10 heterocycles. The molecule has 0 bridgehead atoms. The Bertz CT molecular complexity index is 5980. The number of anilines is 1. The van der Waals surface area contributed by atoms with Crippen LogP contribution in [0.5, 0.6) is 0 Å². The number of pyridine rings is 5. The second kappa shape index (κ2) is 28.5. The maximum Gasteiger partial charge on any atom is 0.416 e. The summed E-state index contributed by atoms with van der Waals surface area (Å²) >= 11 is 0. The van der Waals surface area contributed by atoms with Crippen molar-refractivity contribution in [3.05, 3.63) is 389 Å². The highest BCUT2D eigenvalue weighted by atomic mass is 19.4. The summed E-state index contributed by atoms with van der Waals surface area (Å²) in [5, 5.41) is 0. The Balaban J connectivity index is 0.0000000989. The summed E-state index contributed by atoms with van der Waals surface area (Å²) in [6.07, 6.45) is 7.45. The van der Waals surface area contributed by atoms with E-state index in [1.807, 2.05) is 48.7 Å². The second-order valence-electron chi connectivity index (χ2n) is 29.0. The smallest absolute Gasteiger partial charge is 0.378 e. The molecule has 5 aliphatic heterocycles. The van der Waals surface area contributed by atoms with Crippen LogP contribution in [0.25, 0.3) is 117 Å². The number of rotatable bonds is 5. The van der Waals surface area contributed by atoms with Crippen LogP contribution < -0.4 is 27.7 Å². The highest BCUT2D eigenvalue weighted by Crippen LogP contribution is 2.43. The van der Waals surface area contributed by atoms with Crippen molar-refractivity contribution in [1.82, 2.24) is 0 Å². The van der Waals surface area contributed by atoms with Gasteiger partial charge >= 0.3 is 6.18 Å². The van der Waals surface area contributed by atoms with Gasteiger partial charge in [0.1, 0.15) is 0 Å². The Kier molecular flexibility index (Phi) is 18.0. The maximum absolute atomic E-state index is 12.7. The molecule has 108 heavy (non-hydrogen) atoms. The monoisotopic (exact) mass is 1410 g/mol. The third-order valence-electron chi connectivity index (χ3n) is 21.9. The predicted molar refractivity (Wildman–Crippen MR) is 426 cm³/mol. The van der Waals surface area contributed by atoms with Gasteiger partial charge in [0, 0.05) is 108 Å². The van der Waals surface area contributed by atoms with Gasteiger partial charge in [-0.05, 0) is 196 Å². The van der Waals surface area contributed by atoms with Crippen LogP contribution in [0.3, 0.4) is 0 Å². The second-order valence-corrected chi connectivity index (χ2v) is 29.0. The number of hydrogen-bond donors (Lipinski definition) is 0. The molecule has 10 heteroatoms. The van der Waals surface area contributed by atoms with Crippen LogP contribution in [0.4, 0.5) is 24.5 Å². The summed E-state index contributed by atoms with van der Waals surface area (Å²) in [6, 6.07) is 97.9. The molecule has 0 amide bonds. The third kappa shape index (κ3) is 13.2. The number of nitrogens with zero attached hydrogens (tertiary/aromatic N) is 7. The van der Waals surface area contributed by atoms with Gasteiger partial charge in [0.2, 0.25) is 28.5 Å². The van der Waals surface area contributed by atoms with E-state index < -0.39 is 11.7 Å². The average molecular weight is 1410 g/mol. The predicted octanol–water partition coefficient (Wildman–Crippen LogP) is 20.8. The summed E-state index contributed by atoms with van der Waals surface area (Å²) in [5.74, 6) is 0. The highest BCUT2D eigenvalue weighted by molar-refractivity contribution is 5.84. The molecule has 21 rings (SSSR count). The van der Waals surface area contributed by atoms with Crippen molar-refractivity contribution >= 4 is 11.4 Å². The minimum atomic E-state index is -4.30. The third-order valence-corrected chi connectivity index (χ3v) is 21.9. The number of halogens is 3. The Morgan fingerprint density at radius 1 is 0.324 bits per heavy atom. The zero-order valence-corrected chi connectivity index (χ0v) is 61.0. The number of aromatic nitrogens is 5. The van der Waals surface area contributed by atoms with E-state index >= 15 is 0 Å². The number of hydrogen-bond acceptors (Lipinski definition) is 1. The molecule has 0 saturated carbocycles. The van der Waals surface area contributed by atoms with Crippen molar-refractivity contribution < 1.29 is 36.0 Å². The fraction of sp³-hybridized carbons (Fsp3) is 0.122. The molecule has 0 spiro atoms. The van der Waals surface area contributed by atoms with Gasteiger partial charge < -0.3 is 4.90 Å². The fourth-order valence-corrected chi connectivity index (χ4v) is 16.4. The van der Waals surface area contributed by atoms with Gasteiger partial charge in [-0.25, -0.2) is 4.85 Å². The van der Waals surface area contributed by atoms with E-state index in [0.717, 1.165) is 79.2 Å². The first-order chi connectivity index (χ1) is 52.6. The van der Waals surface area contributed by atoms with Gasteiger partial charge in [-0.1, -0.05) is 139 Å². The molecule has 0 unspecified atom stereocenters. The normalized spacial score (nSPS) is 12.4. The number of benzene rings is 10. The van der Waals surface area contributed by atoms with Gasteiger partial charge in [-0.15, -0.1) is 0 Å². The number of alkyl halides is 3. The van der Waals surface area contributed by atoms with E-state index in [2.05, 4.69) is 311 Å². The first-order valence-corrected chi connectivity index (χ1v) is 36.8. The Morgan fingerprint density at radius 3 is 1.19 bits per heavy atom. The molecule has 0 atom stereocenters. The van der Waals surface area contributed by atoms with Crippen LogP contribution >= 0.6 is 0 Å². The Hall–Kier alpha value is -13.0. The molecule has 7 nitrogen and oxygen atoms in total. The summed E-state index contributed by atoms with van der Waals surface area (Å²) in [5.41, 5.74) is 40.4. The first kappa shape index (κ1) is 68.2. The molecule has 0 N–H and O–H groups in total. The minimum absolute atomic E-state index is 0.622. The van der Waals surface area contributed by atoms with Gasteiger partial charge in [0.05, 0.1) is 40.0 Å². The van der Waals surface area contributed by atoms with E-state index in [1.165, 1.54) is 157 Å². The van der Waals surface area contributed by atoms with Crippen molar-refractivity contribution in [1.29, 1.82) is 0 Å². The lowest BCUT2D eigenvalue weighted by Gasteiger charge is -2.13. The Morgan fingerprint density at radius 2 is 0.722 bits per heavy atom. The van der Waals surface area contributed by atoms with Crippen LogP contribution in [-0.4, -0.2) is 14.1 Å². The molecule has 0 fully saturated rings. The van der Waals surface area contributed by atoms with Gasteiger partial charge in [0.15, 0.2) is 69.4 Å². The molecule has 15 aromatic rings. The van der Waals surface area contributed by atoms with E-state index in [4.69, 9.17) is 6.57 Å². The minimum Gasteiger partial charge on any atom is -0.378 e. The molecular formula is C98H79F3N7+5. The van der Waals surface area contributed by atoms with Gasteiger partial charge in [-0.2, -0.15) is 36.0 Å². The molecule has 0 radical (unpaired) electrons. The first-order valence-electron chi connectivity index (χ1n) is 36.8. The van der Waals surface area contributed by atoms with Gasteiger partial charge in [-0.3, -0.25) is 0 Å². The van der Waals surface area contributed by atoms with Crippen LogP contribution in [0.1, 0.15) is 61.2 Å². The largest absolute Gasteiger partial charge is 0.416 e. The van der Waals surface area contributed by atoms with E-state index in [0.29, 0.717) is 5.69 Å². The topological polar surface area (TPSA) is 27.0 Å². The van der Waals surface area contributed by atoms with E-state index in [-0.39, 0.29) is 0 Å². The van der Waals surface area contributed by atoms with Crippen LogP contribution in [0.2, 0.25) is 0 Å². The van der Waals surface area contributed by atoms with Crippen LogP contribution in [0, 0.1) is 27.3 Å². The van der Waals surface area contributed by atoms with E-state index in [9.17, 15) is 13.2 Å². The number of aryl methyl sites for hydroxylation is 2. The zero-order chi connectivity index (χ0) is 73.7. The summed E-state index contributed by atoms with van der Waals surface area (Å²) < 4.78 is 49.4. The van der Waals surface area contributed by atoms with Crippen molar-refractivity contribution in [2.24, 2.45) is 0 Å². The van der Waals surface area contributed by atoms with Crippen molar-refractivity contribution in [3.8, 4) is 112 Å². The van der Waals surface area contributed by atoms with Crippen LogP contribution in [-0.2, 0) is 45.3 Å². The molecule has 10 aromatic carbocycles. The Labute approximate surface area is 629 Å². The standard InChI is InChI=1S/C21H20N.C20H19N2.C19H13F3N.C19H13N2.C19H14N/c1-14-7-9-17(10-8-14)20-15(2)12-18-13-22-11-5-4-6-19(22)21(18)16(20)3;1-21(2)18-10-8-15(9-11-18)16-6-7-17-14-22-12-4-3-5-20(22)19(17)13-16;20-19(21,22)16-8-6-13(7-9-16)14-4-5-15-12-23-10-2-1-3-18(23)17(15)11-14;1-20-17-9-7-14(8-10-17)15-5-6-16-13-21-11-3-2-4-19(21)18(16)12-15;1-2-6-16-13(5-1)9-14-10-15-12-20-8-4-3-7-19(20)18(15)11-17(14)16/h4-12H,13H2,1-3H3;3-13H,14H2,1-2H3;1-11H,12H2;2-12H,13H2;1-8,10-11H,9,12H2/q5*+1. The van der Waals surface area contributed by atoms with Gasteiger partial charge in [0.25, 0.3) is 0 Å². The molecule has 1 aliphatic carbocycles. The average Bonchev–Trinajstić information content (AvgIpc) is 1.62.